The number of esters is 1. The second-order valence-electron chi connectivity index (χ2n) is 7.09. The molecule has 1 unspecified atom stereocenters. The summed E-state index contributed by atoms with van der Waals surface area (Å²) in [4.78, 5) is 23.3. The topological polar surface area (TPSA) is 116 Å². The summed E-state index contributed by atoms with van der Waals surface area (Å²) in [5.41, 5.74) is 6.40. The van der Waals surface area contributed by atoms with E-state index in [1.807, 2.05) is 0 Å². The fourth-order valence-electron chi connectivity index (χ4n) is 2.99. The Morgan fingerprint density at radius 1 is 1.34 bits per heavy atom. The maximum absolute atomic E-state index is 13.5. The van der Waals surface area contributed by atoms with Crippen LogP contribution in [-0.2, 0) is 20.5 Å². The number of nitrogens with two attached hydrogens (primary N) is 2. The van der Waals surface area contributed by atoms with E-state index in [0.29, 0.717) is 12.1 Å². The number of benzene rings is 1. The highest BCUT2D eigenvalue weighted by Crippen LogP contribution is 2.65. The van der Waals surface area contributed by atoms with Crippen LogP contribution in [0.3, 0.4) is 0 Å². The van der Waals surface area contributed by atoms with Crippen LogP contribution in [0.2, 0.25) is 0 Å². The largest absolute Gasteiger partial charge is 0.465 e. The molecule has 5 N–H and O–H groups in total. The number of amides is 1. The molecular formula is C17H18Cl2F4N2O4. The summed E-state index contributed by atoms with van der Waals surface area (Å²) in [7, 11) is 0. The van der Waals surface area contributed by atoms with Gasteiger partial charge in [-0.3, -0.25) is 15.3 Å². The minimum atomic E-state index is -4.93. The zero-order valence-electron chi connectivity index (χ0n) is 15.0. The van der Waals surface area contributed by atoms with Crippen LogP contribution >= 0.6 is 23.2 Å². The molecule has 1 aliphatic rings. The molecule has 162 valence electrons. The van der Waals surface area contributed by atoms with Crippen LogP contribution in [0.4, 0.5) is 17.6 Å². The summed E-state index contributed by atoms with van der Waals surface area (Å²) in [6.45, 7) is 1.23. The molecule has 0 spiro atoms. The first kappa shape index (κ1) is 23.7. The van der Waals surface area contributed by atoms with Crippen LogP contribution in [0.25, 0.3) is 0 Å². The Morgan fingerprint density at radius 2 is 1.93 bits per heavy atom. The first-order valence-electron chi connectivity index (χ1n) is 8.31. The van der Waals surface area contributed by atoms with Crippen molar-refractivity contribution in [3.8, 4) is 0 Å². The molecule has 1 fully saturated rings. The van der Waals surface area contributed by atoms with Crippen molar-refractivity contribution in [3.05, 3.63) is 35.1 Å². The van der Waals surface area contributed by atoms with Crippen molar-refractivity contribution in [3.63, 3.8) is 0 Å². The number of hydrogen-bond acceptors (Lipinski definition) is 5. The average Bonchev–Trinajstić information content (AvgIpc) is 3.13. The second kappa shape index (κ2) is 7.90. The maximum Gasteiger partial charge on any atom is 0.419 e. The van der Waals surface area contributed by atoms with E-state index in [9.17, 15) is 32.3 Å². The number of carbonyl (C=O) groups is 2. The van der Waals surface area contributed by atoms with Gasteiger partial charge in [-0.15, -0.1) is 0 Å². The molecule has 0 aromatic heterocycles. The molecule has 0 radical (unpaired) electrons. The first-order valence-corrected chi connectivity index (χ1v) is 9.07. The van der Waals surface area contributed by atoms with E-state index in [1.165, 1.54) is 6.92 Å². The number of alkyl halides is 5. The van der Waals surface area contributed by atoms with Gasteiger partial charge in [0.25, 0.3) is 5.91 Å². The number of halogens is 6. The van der Waals surface area contributed by atoms with Gasteiger partial charge in [-0.25, -0.2) is 4.39 Å². The Morgan fingerprint density at radius 3 is 2.45 bits per heavy atom. The van der Waals surface area contributed by atoms with Crippen molar-refractivity contribution in [1.82, 2.24) is 0 Å². The summed E-state index contributed by atoms with van der Waals surface area (Å²) < 4.78 is 55.5. The molecule has 1 aromatic rings. The maximum atomic E-state index is 13.5. The Labute approximate surface area is 173 Å². The molecule has 29 heavy (non-hydrogen) atoms. The number of carbonyl (C=O) groups excluding carboxylic acids is 2. The van der Waals surface area contributed by atoms with E-state index < -0.39 is 57.2 Å². The smallest absolute Gasteiger partial charge is 0.419 e. The average molecular weight is 461 g/mol. The van der Waals surface area contributed by atoms with Gasteiger partial charge in [0.1, 0.15) is 16.1 Å². The lowest BCUT2D eigenvalue weighted by Gasteiger charge is -2.22. The summed E-state index contributed by atoms with van der Waals surface area (Å²) in [6, 6.07) is 2.24. The number of rotatable bonds is 7. The van der Waals surface area contributed by atoms with Crippen molar-refractivity contribution in [2.45, 2.75) is 35.5 Å². The number of hydrogen-bond donors (Lipinski definition) is 3. The van der Waals surface area contributed by atoms with Gasteiger partial charge in [0.05, 0.1) is 12.2 Å². The highest BCUT2D eigenvalue weighted by atomic mass is 35.5. The fraction of sp³-hybridized carbons (Fsp3) is 0.529. The van der Waals surface area contributed by atoms with Crippen LogP contribution in [0.1, 0.15) is 30.4 Å². The van der Waals surface area contributed by atoms with Gasteiger partial charge >= 0.3 is 12.1 Å². The molecule has 0 saturated heterocycles. The van der Waals surface area contributed by atoms with Gasteiger partial charge in [0.15, 0.2) is 5.72 Å². The molecule has 1 aliphatic carbocycles. The van der Waals surface area contributed by atoms with Gasteiger partial charge in [0, 0.05) is 12.3 Å². The third-order valence-corrected chi connectivity index (χ3v) is 5.50. The van der Waals surface area contributed by atoms with Gasteiger partial charge in [0.2, 0.25) is 0 Å². The molecule has 0 bridgehead atoms. The van der Waals surface area contributed by atoms with E-state index in [4.69, 9.17) is 39.4 Å². The van der Waals surface area contributed by atoms with Gasteiger partial charge in [-0.2, -0.15) is 13.2 Å². The lowest BCUT2D eigenvalue weighted by Crippen LogP contribution is -2.53. The highest BCUT2D eigenvalue weighted by Gasteiger charge is 2.68. The third-order valence-electron chi connectivity index (χ3n) is 4.56. The van der Waals surface area contributed by atoms with Crippen molar-refractivity contribution >= 4 is 35.1 Å². The molecule has 1 amide bonds. The molecule has 1 aromatic carbocycles. The quantitative estimate of drug-likeness (QED) is 0.250. The van der Waals surface area contributed by atoms with Crippen LogP contribution in [0.15, 0.2) is 18.2 Å². The van der Waals surface area contributed by atoms with Gasteiger partial charge in [-0.1, -0.05) is 36.2 Å². The summed E-state index contributed by atoms with van der Waals surface area (Å²) in [6.07, 6.45) is -5.23. The number of aliphatic hydroxyl groups is 1. The van der Waals surface area contributed by atoms with Crippen molar-refractivity contribution in [2.75, 3.05) is 6.61 Å². The monoisotopic (exact) mass is 460 g/mol. The van der Waals surface area contributed by atoms with Crippen LogP contribution in [0, 0.1) is 17.7 Å². The number of ether oxygens (including phenoxy) is 1. The molecular weight excluding hydrogens is 443 g/mol. The van der Waals surface area contributed by atoms with Crippen molar-refractivity contribution in [1.29, 1.82) is 0 Å². The third kappa shape index (κ3) is 5.11. The predicted octanol–water partition coefficient (Wildman–Crippen LogP) is 2.43. The van der Waals surface area contributed by atoms with Crippen molar-refractivity contribution < 1.29 is 37.0 Å². The minimum absolute atomic E-state index is 0.0659. The molecule has 1 saturated carbocycles. The van der Waals surface area contributed by atoms with Crippen LogP contribution < -0.4 is 11.5 Å². The van der Waals surface area contributed by atoms with Gasteiger partial charge < -0.3 is 15.6 Å². The minimum Gasteiger partial charge on any atom is -0.465 e. The standard InChI is InChI=1S/C17H18Cl2F4N2O4/c1-7(5-15(25,28)14(24)27)6-29-13(26)12-11(16(12,18)19)8-2-3-10(20)9(4-8)17(21,22)23/h2-4,7,11-12,28H,5-6,25H2,1H3,(H2,24,27)/t7?,11-,12+,15-/m0/s1. The molecule has 2 rings (SSSR count). The molecule has 12 heteroatoms. The molecule has 0 heterocycles. The molecule has 0 aliphatic heterocycles. The van der Waals surface area contributed by atoms with E-state index in [1.54, 1.807) is 0 Å². The highest BCUT2D eigenvalue weighted by molar-refractivity contribution is 6.53. The Bertz CT molecular complexity index is 817. The van der Waals surface area contributed by atoms with E-state index in [0.717, 1.165) is 6.07 Å². The zero-order valence-corrected chi connectivity index (χ0v) is 16.5. The van der Waals surface area contributed by atoms with E-state index >= 15 is 0 Å². The summed E-state index contributed by atoms with van der Waals surface area (Å²) >= 11 is 12.1. The predicted molar refractivity (Wildman–Crippen MR) is 95.1 cm³/mol. The lowest BCUT2D eigenvalue weighted by atomic mass is 9.99. The normalized spacial score (nSPS) is 23.8. The Hall–Kier alpha value is -1.62. The van der Waals surface area contributed by atoms with Gasteiger partial charge in [-0.05, 0) is 23.6 Å². The summed E-state index contributed by atoms with van der Waals surface area (Å²) in [5.74, 6) is -6.32. The van der Waals surface area contributed by atoms with Crippen LogP contribution in [-0.4, -0.2) is 33.6 Å². The number of primary amides is 1. The fourth-order valence-corrected chi connectivity index (χ4v) is 3.80. The Kier molecular flexibility index (Phi) is 6.44. The summed E-state index contributed by atoms with van der Waals surface area (Å²) in [5, 5.41) is 9.63. The van der Waals surface area contributed by atoms with Crippen molar-refractivity contribution in [2.24, 2.45) is 23.3 Å². The molecule has 6 nitrogen and oxygen atoms in total. The van der Waals surface area contributed by atoms with E-state index in [-0.39, 0.29) is 18.6 Å². The lowest BCUT2D eigenvalue weighted by molar-refractivity contribution is -0.148. The SMILES string of the molecule is CC(COC(=O)[C@H]1[C@H](c2ccc(F)c(C(F)(F)F)c2)C1(Cl)Cl)C[C@](N)(O)C(N)=O. The first-order chi connectivity index (χ1) is 13.1. The zero-order chi connectivity index (χ0) is 22.4. The van der Waals surface area contributed by atoms with E-state index in [2.05, 4.69) is 0 Å². The Balaban J connectivity index is 2.07. The second-order valence-corrected chi connectivity index (χ2v) is 8.54. The van der Waals surface area contributed by atoms with Crippen LogP contribution in [0.5, 0.6) is 0 Å². The molecule has 4 atom stereocenters.